The van der Waals surface area contributed by atoms with Crippen molar-refractivity contribution in [3.63, 3.8) is 0 Å². The van der Waals surface area contributed by atoms with Crippen molar-refractivity contribution in [1.29, 1.82) is 0 Å². The van der Waals surface area contributed by atoms with Crippen LogP contribution in [-0.2, 0) is 5.75 Å². The van der Waals surface area contributed by atoms with E-state index in [4.69, 9.17) is 14.5 Å². The van der Waals surface area contributed by atoms with Gasteiger partial charge in [0.15, 0.2) is 22.5 Å². The lowest BCUT2D eigenvalue weighted by molar-refractivity contribution is 0.356. The maximum atomic E-state index is 14.8. The predicted molar refractivity (Wildman–Crippen MR) is 137 cm³/mol. The highest BCUT2D eigenvalue weighted by Crippen LogP contribution is 2.39. The van der Waals surface area contributed by atoms with Gasteiger partial charge in [-0.15, -0.1) is 21.5 Å². The molecule has 0 aliphatic carbocycles. The second-order valence-corrected chi connectivity index (χ2v) is 9.38. The maximum absolute atomic E-state index is 14.8. The number of methoxy groups -OCH3 is 2. The van der Waals surface area contributed by atoms with Crippen molar-refractivity contribution < 1.29 is 18.3 Å². The van der Waals surface area contributed by atoms with Crippen LogP contribution in [-0.4, -0.2) is 34.0 Å². The minimum atomic E-state index is -0.699. The molecule has 0 radical (unpaired) electrons. The Hall–Kier alpha value is -3.76. The van der Waals surface area contributed by atoms with Crippen molar-refractivity contribution in [2.45, 2.75) is 10.9 Å². The number of rotatable bonds is 8. The van der Waals surface area contributed by atoms with Crippen molar-refractivity contribution in [2.24, 2.45) is 0 Å². The summed E-state index contributed by atoms with van der Waals surface area (Å²) < 4.78 is 41.0. The van der Waals surface area contributed by atoms with Crippen LogP contribution in [0.4, 0.5) is 8.78 Å². The maximum Gasteiger partial charge on any atom is 0.196 e. The molecule has 0 fully saturated rings. The van der Waals surface area contributed by atoms with Gasteiger partial charge >= 0.3 is 0 Å². The van der Waals surface area contributed by atoms with Crippen LogP contribution in [0.1, 0.15) is 5.69 Å². The SMILES string of the molecule is COc1cccc(-c2nc(CSc3nnc(-c4ccccc4)n3-c3ccc(F)cc3F)cs2)c1OC. The van der Waals surface area contributed by atoms with E-state index >= 15 is 0 Å². The third-order valence-electron chi connectivity index (χ3n) is 5.35. The lowest BCUT2D eigenvalue weighted by Crippen LogP contribution is -2.03. The van der Waals surface area contributed by atoms with E-state index < -0.39 is 11.6 Å². The molecule has 0 bridgehead atoms. The summed E-state index contributed by atoms with van der Waals surface area (Å²) in [5.41, 5.74) is 2.59. The number of ether oxygens (including phenoxy) is 2. The van der Waals surface area contributed by atoms with Gasteiger partial charge in [0.05, 0.1) is 31.2 Å². The van der Waals surface area contributed by atoms with Gasteiger partial charge in [-0.2, -0.15) is 0 Å². The number of nitrogens with zero attached hydrogens (tertiary/aromatic N) is 4. The first kappa shape index (κ1) is 24.0. The fraction of sp³-hybridized carbons (Fsp3) is 0.115. The van der Waals surface area contributed by atoms with Crippen molar-refractivity contribution in [1.82, 2.24) is 19.7 Å². The molecule has 6 nitrogen and oxygen atoms in total. The Labute approximate surface area is 214 Å². The van der Waals surface area contributed by atoms with Crippen molar-refractivity contribution in [3.8, 4) is 39.1 Å². The topological polar surface area (TPSA) is 62.1 Å². The third kappa shape index (κ3) is 4.69. The van der Waals surface area contributed by atoms with Crippen molar-refractivity contribution >= 4 is 23.1 Å². The van der Waals surface area contributed by atoms with E-state index in [1.807, 2.05) is 53.9 Å². The lowest BCUT2D eigenvalue weighted by Gasteiger charge is -2.11. The highest BCUT2D eigenvalue weighted by molar-refractivity contribution is 7.98. The van der Waals surface area contributed by atoms with E-state index in [9.17, 15) is 8.78 Å². The van der Waals surface area contributed by atoms with Gasteiger partial charge in [0, 0.05) is 22.8 Å². The molecule has 0 saturated carbocycles. The molecular formula is C26H20F2N4O2S2. The summed E-state index contributed by atoms with van der Waals surface area (Å²) in [5, 5.41) is 11.8. The van der Waals surface area contributed by atoms with E-state index in [1.165, 1.54) is 35.2 Å². The van der Waals surface area contributed by atoms with E-state index in [-0.39, 0.29) is 5.69 Å². The summed E-state index contributed by atoms with van der Waals surface area (Å²) in [4.78, 5) is 4.76. The van der Waals surface area contributed by atoms with Gasteiger partial charge in [0.1, 0.15) is 16.6 Å². The number of hydrogen-bond donors (Lipinski definition) is 0. The lowest BCUT2D eigenvalue weighted by atomic mass is 10.2. The first-order valence-corrected chi connectivity index (χ1v) is 12.7. The molecule has 5 aromatic rings. The van der Waals surface area contributed by atoms with Crippen molar-refractivity contribution in [2.75, 3.05) is 14.2 Å². The molecule has 0 saturated heterocycles. The van der Waals surface area contributed by atoms with Gasteiger partial charge in [-0.3, -0.25) is 4.57 Å². The van der Waals surface area contributed by atoms with Gasteiger partial charge in [-0.05, 0) is 24.3 Å². The van der Waals surface area contributed by atoms with E-state index in [0.717, 1.165) is 27.9 Å². The number of benzene rings is 3. The average Bonchev–Trinajstić information content (AvgIpc) is 3.55. The first-order chi connectivity index (χ1) is 17.6. The molecule has 182 valence electrons. The van der Waals surface area contributed by atoms with Gasteiger partial charge in [0.2, 0.25) is 0 Å². The molecule has 2 heterocycles. The minimum Gasteiger partial charge on any atom is -0.493 e. The number of aromatic nitrogens is 4. The summed E-state index contributed by atoms with van der Waals surface area (Å²) in [6.45, 7) is 0. The Morgan fingerprint density at radius 1 is 0.944 bits per heavy atom. The normalized spacial score (nSPS) is 11.0. The second-order valence-electron chi connectivity index (χ2n) is 7.58. The summed E-state index contributed by atoms with van der Waals surface area (Å²) in [5.74, 6) is 0.830. The highest BCUT2D eigenvalue weighted by atomic mass is 32.2. The zero-order valence-electron chi connectivity index (χ0n) is 19.3. The average molecular weight is 523 g/mol. The van der Waals surface area contributed by atoms with Crippen LogP contribution in [0.5, 0.6) is 11.5 Å². The fourth-order valence-electron chi connectivity index (χ4n) is 3.71. The Bertz CT molecular complexity index is 1510. The molecule has 5 rings (SSSR count). The summed E-state index contributed by atoms with van der Waals surface area (Å²) in [6.07, 6.45) is 0. The summed E-state index contributed by atoms with van der Waals surface area (Å²) >= 11 is 2.86. The molecule has 36 heavy (non-hydrogen) atoms. The zero-order chi connectivity index (χ0) is 25.1. The molecule has 10 heteroatoms. The molecule has 0 amide bonds. The van der Waals surface area contributed by atoms with Gasteiger partial charge in [0.25, 0.3) is 0 Å². The largest absolute Gasteiger partial charge is 0.493 e. The van der Waals surface area contributed by atoms with Crippen LogP contribution >= 0.6 is 23.1 Å². The number of para-hydroxylation sites is 1. The number of halogens is 2. The Balaban J connectivity index is 1.47. The molecule has 3 aromatic carbocycles. The summed E-state index contributed by atoms with van der Waals surface area (Å²) in [7, 11) is 3.19. The molecular weight excluding hydrogens is 502 g/mol. The molecule has 0 spiro atoms. The van der Waals surface area contributed by atoms with E-state index in [2.05, 4.69) is 10.2 Å². The van der Waals surface area contributed by atoms with E-state index in [0.29, 0.717) is 28.2 Å². The molecule has 2 aromatic heterocycles. The van der Waals surface area contributed by atoms with Crippen LogP contribution < -0.4 is 9.47 Å². The molecule has 0 N–H and O–H groups in total. The third-order valence-corrected chi connectivity index (χ3v) is 7.24. The Morgan fingerprint density at radius 2 is 1.78 bits per heavy atom. The smallest absolute Gasteiger partial charge is 0.196 e. The molecule has 0 atom stereocenters. The molecule has 0 unspecified atom stereocenters. The van der Waals surface area contributed by atoms with Gasteiger partial charge in [-0.25, -0.2) is 13.8 Å². The number of thioether (sulfide) groups is 1. The quantitative estimate of drug-likeness (QED) is 0.213. The van der Waals surface area contributed by atoms with Crippen LogP contribution in [0.25, 0.3) is 27.6 Å². The van der Waals surface area contributed by atoms with E-state index in [1.54, 1.807) is 18.8 Å². The molecule has 0 aliphatic rings. The Kier molecular flexibility index (Phi) is 6.97. The standard InChI is InChI=1S/C26H20F2N4O2S2/c1-33-22-10-6-9-19(23(22)34-2)25-29-18(14-35-25)15-36-26-31-30-24(16-7-4-3-5-8-16)32(26)21-12-11-17(27)13-20(21)28/h3-14H,15H2,1-2H3. The predicted octanol–water partition coefficient (Wildman–Crippen LogP) is 6.65. The monoisotopic (exact) mass is 522 g/mol. The van der Waals surface area contributed by atoms with Gasteiger partial charge in [-0.1, -0.05) is 48.2 Å². The highest BCUT2D eigenvalue weighted by Gasteiger charge is 2.20. The zero-order valence-corrected chi connectivity index (χ0v) is 20.9. The Morgan fingerprint density at radius 3 is 2.53 bits per heavy atom. The number of thiazole rings is 1. The fourth-order valence-corrected chi connectivity index (χ4v) is 5.49. The minimum absolute atomic E-state index is 0.169. The van der Waals surface area contributed by atoms with Crippen molar-refractivity contribution in [3.05, 3.63) is 89.4 Å². The van der Waals surface area contributed by atoms with Gasteiger partial charge < -0.3 is 9.47 Å². The van der Waals surface area contributed by atoms with Crippen LogP contribution in [0, 0.1) is 11.6 Å². The second kappa shape index (κ2) is 10.5. The van der Waals surface area contributed by atoms with Crippen LogP contribution in [0.2, 0.25) is 0 Å². The van der Waals surface area contributed by atoms with Crippen LogP contribution in [0.15, 0.2) is 77.3 Å². The first-order valence-electron chi connectivity index (χ1n) is 10.8. The molecule has 0 aliphatic heterocycles. The summed E-state index contributed by atoms with van der Waals surface area (Å²) in [6, 6.07) is 18.5. The number of hydrogen-bond acceptors (Lipinski definition) is 7. The van der Waals surface area contributed by atoms with Crippen LogP contribution in [0.3, 0.4) is 0 Å².